The van der Waals surface area contributed by atoms with E-state index >= 15 is 0 Å². The molecule has 0 spiro atoms. The van der Waals surface area contributed by atoms with Crippen LogP contribution in [0.25, 0.3) is 11.6 Å². The van der Waals surface area contributed by atoms with Crippen LogP contribution in [0.3, 0.4) is 0 Å². The van der Waals surface area contributed by atoms with E-state index in [2.05, 4.69) is 15.0 Å². The summed E-state index contributed by atoms with van der Waals surface area (Å²) in [5, 5.41) is 5.00. The van der Waals surface area contributed by atoms with E-state index in [9.17, 15) is 0 Å². The molecule has 0 bridgehead atoms. The van der Waals surface area contributed by atoms with Gasteiger partial charge < -0.3 is 9.15 Å². The molecule has 0 radical (unpaired) electrons. The number of hydrogen-bond donors (Lipinski definition) is 0. The third-order valence-corrected chi connectivity index (χ3v) is 3.61. The Morgan fingerprint density at radius 1 is 1.37 bits per heavy atom. The minimum atomic E-state index is 0.453. The van der Waals surface area contributed by atoms with E-state index in [0.717, 1.165) is 38.5 Å². The predicted molar refractivity (Wildman–Crippen MR) is 69.8 cm³/mol. The Hall–Kier alpha value is -1.37. The van der Waals surface area contributed by atoms with E-state index in [1.807, 2.05) is 7.05 Å². The molecule has 0 unspecified atom stereocenters. The number of nitrogens with zero attached hydrogens (tertiary/aromatic N) is 4. The lowest BCUT2D eigenvalue weighted by Crippen LogP contribution is -2.36. The van der Waals surface area contributed by atoms with Crippen LogP contribution < -0.4 is 0 Å². The number of oxazole rings is 1. The van der Waals surface area contributed by atoms with Crippen molar-refractivity contribution in [3.8, 4) is 11.6 Å². The first kappa shape index (κ1) is 12.7. The summed E-state index contributed by atoms with van der Waals surface area (Å²) < 4.78 is 12.4. The van der Waals surface area contributed by atoms with Crippen molar-refractivity contribution in [1.29, 1.82) is 0 Å². The molecule has 0 N–H and O–H groups in total. The third kappa shape index (κ3) is 2.51. The quantitative estimate of drug-likeness (QED) is 0.855. The Morgan fingerprint density at radius 2 is 2.16 bits per heavy atom. The maximum absolute atomic E-state index is 6.40. The number of hydrogen-bond acceptors (Lipinski definition) is 5. The van der Waals surface area contributed by atoms with Gasteiger partial charge in [-0.2, -0.15) is 5.10 Å². The summed E-state index contributed by atoms with van der Waals surface area (Å²) in [5.41, 5.74) is 1.56. The lowest BCUT2D eigenvalue weighted by atomic mass is 10.3. The molecule has 7 heteroatoms. The first-order valence-corrected chi connectivity index (χ1v) is 6.55. The molecule has 0 saturated carbocycles. The number of halogens is 1. The molecule has 19 heavy (non-hydrogen) atoms. The zero-order chi connectivity index (χ0) is 13.2. The Balaban J connectivity index is 1.85. The highest BCUT2D eigenvalue weighted by atomic mass is 35.5. The summed E-state index contributed by atoms with van der Waals surface area (Å²) >= 11 is 6.40. The van der Waals surface area contributed by atoms with Gasteiger partial charge in [0.1, 0.15) is 6.26 Å². The van der Waals surface area contributed by atoms with Gasteiger partial charge in [-0.25, -0.2) is 4.98 Å². The van der Waals surface area contributed by atoms with Crippen molar-refractivity contribution in [3.63, 3.8) is 0 Å². The van der Waals surface area contributed by atoms with Gasteiger partial charge in [-0.15, -0.1) is 0 Å². The molecule has 0 aromatic carbocycles. The van der Waals surface area contributed by atoms with Crippen LogP contribution in [0, 0.1) is 0 Å². The summed E-state index contributed by atoms with van der Waals surface area (Å²) in [4.78, 5) is 6.39. The highest BCUT2D eigenvalue weighted by Crippen LogP contribution is 2.29. The molecule has 1 aliphatic heterocycles. The summed E-state index contributed by atoms with van der Waals surface area (Å²) in [6, 6.07) is 0. The Bertz CT molecular complexity index is 546. The standard InChI is InChI=1S/C12H15ClN4O2/c1-16-9(8-17-3-6-18-7-4-17)10(13)11(15-16)12-14-2-5-19-12/h2,5H,3-4,6-8H2,1H3. The van der Waals surface area contributed by atoms with Gasteiger partial charge >= 0.3 is 0 Å². The van der Waals surface area contributed by atoms with Crippen molar-refractivity contribution >= 4 is 11.6 Å². The molecule has 102 valence electrons. The maximum Gasteiger partial charge on any atom is 0.248 e. The number of aryl methyl sites for hydroxylation is 1. The summed E-state index contributed by atoms with van der Waals surface area (Å²) in [5.74, 6) is 0.453. The van der Waals surface area contributed by atoms with Crippen LogP contribution in [0.2, 0.25) is 5.02 Å². The fraction of sp³-hybridized carbons (Fsp3) is 0.500. The van der Waals surface area contributed by atoms with Crippen molar-refractivity contribution in [2.24, 2.45) is 7.05 Å². The predicted octanol–water partition coefficient (Wildman–Crippen LogP) is 1.56. The van der Waals surface area contributed by atoms with Crippen LogP contribution in [0.5, 0.6) is 0 Å². The Labute approximate surface area is 115 Å². The zero-order valence-electron chi connectivity index (χ0n) is 10.7. The molecule has 0 aliphatic carbocycles. The molecule has 3 heterocycles. The van der Waals surface area contributed by atoms with Crippen LogP contribution in [0.15, 0.2) is 16.9 Å². The third-order valence-electron chi connectivity index (χ3n) is 3.21. The van der Waals surface area contributed by atoms with Gasteiger partial charge in [0.05, 0.1) is 30.1 Å². The largest absolute Gasteiger partial charge is 0.443 e. The number of aromatic nitrogens is 3. The van der Waals surface area contributed by atoms with Gasteiger partial charge in [-0.3, -0.25) is 9.58 Å². The minimum Gasteiger partial charge on any atom is -0.443 e. The summed E-state index contributed by atoms with van der Waals surface area (Å²) in [7, 11) is 1.88. The molecule has 2 aromatic heterocycles. The first-order valence-electron chi connectivity index (χ1n) is 6.17. The Morgan fingerprint density at radius 3 is 2.84 bits per heavy atom. The van der Waals surface area contributed by atoms with E-state index in [-0.39, 0.29) is 0 Å². The second-order valence-corrected chi connectivity index (χ2v) is 4.84. The second kappa shape index (κ2) is 5.32. The van der Waals surface area contributed by atoms with Crippen LogP contribution in [-0.2, 0) is 18.3 Å². The molecule has 0 atom stereocenters. The van der Waals surface area contributed by atoms with Gasteiger partial charge in [0, 0.05) is 26.7 Å². The molecule has 3 rings (SSSR count). The van der Waals surface area contributed by atoms with Gasteiger partial charge in [0.2, 0.25) is 5.89 Å². The fourth-order valence-electron chi connectivity index (χ4n) is 2.15. The minimum absolute atomic E-state index is 0.453. The highest BCUT2D eigenvalue weighted by Gasteiger charge is 2.21. The Kier molecular flexibility index (Phi) is 3.54. The van der Waals surface area contributed by atoms with E-state index in [1.54, 1.807) is 10.9 Å². The van der Waals surface area contributed by atoms with Crippen molar-refractivity contribution in [3.05, 3.63) is 23.2 Å². The fourth-order valence-corrected chi connectivity index (χ4v) is 2.45. The van der Waals surface area contributed by atoms with Gasteiger partial charge in [0.25, 0.3) is 0 Å². The molecule has 1 fully saturated rings. The van der Waals surface area contributed by atoms with Crippen molar-refractivity contribution in [1.82, 2.24) is 19.7 Å². The number of ether oxygens (including phenoxy) is 1. The first-order chi connectivity index (χ1) is 9.25. The molecule has 6 nitrogen and oxygen atoms in total. The van der Waals surface area contributed by atoms with Crippen molar-refractivity contribution < 1.29 is 9.15 Å². The van der Waals surface area contributed by atoms with Crippen molar-refractivity contribution in [2.75, 3.05) is 26.3 Å². The van der Waals surface area contributed by atoms with E-state index in [1.165, 1.54) is 6.26 Å². The molecule has 1 saturated heterocycles. The zero-order valence-corrected chi connectivity index (χ0v) is 11.4. The molecule has 1 aliphatic rings. The highest BCUT2D eigenvalue weighted by molar-refractivity contribution is 6.33. The molecule has 2 aromatic rings. The average molecular weight is 283 g/mol. The van der Waals surface area contributed by atoms with Crippen LogP contribution >= 0.6 is 11.6 Å². The topological polar surface area (TPSA) is 56.3 Å². The lowest BCUT2D eigenvalue weighted by molar-refractivity contribution is 0.0331. The SMILES string of the molecule is Cn1nc(-c2ncco2)c(Cl)c1CN1CCOCC1. The lowest BCUT2D eigenvalue weighted by Gasteiger charge is -2.26. The van der Waals surface area contributed by atoms with Crippen LogP contribution in [0.1, 0.15) is 5.69 Å². The monoisotopic (exact) mass is 282 g/mol. The number of morpholine rings is 1. The smallest absolute Gasteiger partial charge is 0.248 e. The summed E-state index contributed by atoms with van der Waals surface area (Å²) in [6.07, 6.45) is 3.10. The van der Waals surface area contributed by atoms with Crippen molar-refractivity contribution in [2.45, 2.75) is 6.54 Å². The van der Waals surface area contributed by atoms with Crippen LogP contribution in [0.4, 0.5) is 0 Å². The molecule has 0 amide bonds. The van der Waals surface area contributed by atoms with Gasteiger partial charge in [0.15, 0.2) is 5.69 Å². The van der Waals surface area contributed by atoms with E-state index < -0.39 is 0 Å². The normalized spacial score (nSPS) is 16.9. The van der Waals surface area contributed by atoms with E-state index in [0.29, 0.717) is 16.6 Å². The second-order valence-electron chi connectivity index (χ2n) is 4.46. The van der Waals surface area contributed by atoms with Gasteiger partial charge in [-0.05, 0) is 0 Å². The average Bonchev–Trinajstić information content (AvgIpc) is 3.03. The summed E-state index contributed by atoms with van der Waals surface area (Å²) in [6.45, 7) is 4.11. The molecular weight excluding hydrogens is 268 g/mol. The van der Waals surface area contributed by atoms with E-state index in [4.69, 9.17) is 20.8 Å². The maximum atomic E-state index is 6.40. The van der Waals surface area contributed by atoms with Gasteiger partial charge in [-0.1, -0.05) is 11.6 Å². The number of rotatable bonds is 3. The van der Waals surface area contributed by atoms with Crippen LogP contribution in [-0.4, -0.2) is 46.0 Å². The molecular formula is C12H15ClN4O2.